The number of thioether (sulfide) groups is 1. The van der Waals surface area contributed by atoms with Crippen LogP contribution in [0.15, 0.2) is 76.7 Å². The van der Waals surface area contributed by atoms with Crippen molar-refractivity contribution in [1.82, 2.24) is 9.97 Å². The first kappa shape index (κ1) is 25.1. The van der Waals surface area contributed by atoms with Gasteiger partial charge in [0.25, 0.3) is 0 Å². The van der Waals surface area contributed by atoms with Crippen LogP contribution in [0.25, 0.3) is 32.5 Å². The number of carbonyl (C=O) groups is 2. The second-order valence-electron chi connectivity index (χ2n) is 7.79. The molecule has 0 bridgehead atoms. The average Bonchev–Trinajstić information content (AvgIpc) is 3.53. The van der Waals surface area contributed by atoms with Crippen LogP contribution in [0.4, 0.5) is 9.39 Å². The summed E-state index contributed by atoms with van der Waals surface area (Å²) >= 11 is 4.03. The quantitative estimate of drug-likeness (QED) is 0.126. The lowest BCUT2D eigenvalue weighted by molar-refractivity contribution is -0.113. The summed E-state index contributed by atoms with van der Waals surface area (Å²) in [4.78, 5) is 35.3. The van der Waals surface area contributed by atoms with Gasteiger partial charge in [0.1, 0.15) is 32.6 Å². The van der Waals surface area contributed by atoms with Gasteiger partial charge < -0.3 is 10.1 Å². The predicted octanol–water partition coefficient (Wildman–Crippen LogP) is 7.13. The number of rotatable bonds is 8. The molecule has 0 spiro atoms. The highest BCUT2D eigenvalue weighted by Gasteiger charge is 2.23. The fourth-order valence-corrected chi connectivity index (χ4v) is 6.55. The van der Waals surface area contributed by atoms with Crippen LogP contribution in [0.2, 0.25) is 0 Å². The van der Waals surface area contributed by atoms with Crippen molar-refractivity contribution >= 4 is 61.5 Å². The van der Waals surface area contributed by atoms with Gasteiger partial charge in [-0.05, 0) is 30.2 Å². The number of ether oxygens (including phenoxy) is 1. The van der Waals surface area contributed by atoms with Crippen molar-refractivity contribution in [2.24, 2.45) is 0 Å². The number of hydrogen-bond donors (Lipinski definition) is 1. The van der Waals surface area contributed by atoms with Crippen LogP contribution in [0.3, 0.4) is 0 Å². The number of carbonyl (C=O) groups excluding carboxylic acids is 2. The number of hydrogen-bond acceptors (Lipinski definition) is 8. The monoisotopic (exact) mass is 549 g/mol. The smallest absolute Gasteiger partial charge is 0.341 e. The van der Waals surface area contributed by atoms with Gasteiger partial charge in [0, 0.05) is 21.9 Å². The Morgan fingerprint density at radius 3 is 2.46 bits per heavy atom. The molecule has 0 radical (unpaired) electrons. The van der Waals surface area contributed by atoms with E-state index in [0.29, 0.717) is 21.2 Å². The summed E-state index contributed by atoms with van der Waals surface area (Å²) in [6.07, 6.45) is 1.47. The molecule has 0 atom stereocenters. The SMILES string of the molecule is CCOC(=O)c1c(-c2ccccc2)csc1NC(=O)CSc1ncnc2scc(-c3ccc(F)cc3)c12. The molecule has 5 aromatic rings. The minimum Gasteiger partial charge on any atom is -0.462 e. The van der Waals surface area contributed by atoms with Crippen LogP contribution in [0, 0.1) is 5.82 Å². The molecule has 2 aromatic carbocycles. The maximum atomic E-state index is 13.4. The minimum atomic E-state index is -0.481. The molecule has 6 nitrogen and oxygen atoms in total. The molecule has 0 saturated carbocycles. The first-order valence-corrected chi connectivity index (χ1v) is 14.0. The van der Waals surface area contributed by atoms with Gasteiger partial charge in [-0.1, -0.05) is 54.2 Å². The Balaban J connectivity index is 1.38. The molecule has 37 heavy (non-hydrogen) atoms. The van der Waals surface area contributed by atoms with Crippen LogP contribution < -0.4 is 5.32 Å². The topological polar surface area (TPSA) is 81.2 Å². The number of nitrogens with one attached hydrogen (secondary N) is 1. The zero-order chi connectivity index (χ0) is 25.8. The zero-order valence-corrected chi connectivity index (χ0v) is 22.0. The van der Waals surface area contributed by atoms with E-state index in [1.165, 1.54) is 52.9 Å². The largest absolute Gasteiger partial charge is 0.462 e. The molecule has 3 heterocycles. The van der Waals surface area contributed by atoms with Crippen molar-refractivity contribution in [2.75, 3.05) is 17.7 Å². The number of anilines is 1. The summed E-state index contributed by atoms with van der Waals surface area (Å²) in [6, 6.07) is 15.8. The van der Waals surface area contributed by atoms with Crippen molar-refractivity contribution in [3.05, 3.63) is 83.1 Å². The number of nitrogens with zero attached hydrogens (tertiary/aromatic N) is 2. The molecule has 1 amide bonds. The highest BCUT2D eigenvalue weighted by Crippen LogP contribution is 2.39. The number of amides is 1. The molecule has 0 aliphatic heterocycles. The number of esters is 1. The third-order valence-electron chi connectivity index (χ3n) is 5.44. The second-order valence-corrected chi connectivity index (χ2v) is 10.5. The average molecular weight is 550 g/mol. The Hall–Kier alpha value is -3.60. The molecule has 0 aliphatic carbocycles. The lowest BCUT2D eigenvalue weighted by Crippen LogP contribution is -2.16. The molecule has 5 rings (SSSR count). The first-order valence-electron chi connectivity index (χ1n) is 11.3. The Bertz CT molecular complexity index is 1570. The molecular formula is C27H20FN3O3S3. The number of aromatic nitrogens is 2. The minimum absolute atomic E-state index is 0.0751. The lowest BCUT2D eigenvalue weighted by Gasteiger charge is -2.09. The maximum absolute atomic E-state index is 13.4. The van der Waals surface area contributed by atoms with E-state index >= 15 is 0 Å². The van der Waals surface area contributed by atoms with Crippen LogP contribution in [0.5, 0.6) is 0 Å². The third kappa shape index (κ3) is 5.41. The Morgan fingerprint density at radius 1 is 0.973 bits per heavy atom. The molecule has 186 valence electrons. The summed E-state index contributed by atoms with van der Waals surface area (Å²) < 4.78 is 18.7. The highest BCUT2D eigenvalue weighted by atomic mass is 32.2. The molecule has 3 aromatic heterocycles. The fourth-order valence-electron chi connectivity index (χ4n) is 3.78. The van der Waals surface area contributed by atoms with Gasteiger partial charge in [0.05, 0.1) is 17.7 Å². The molecule has 0 aliphatic rings. The maximum Gasteiger partial charge on any atom is 0.341 e. The van der Waals surface area contributed by atoms with Crippen LogP contribution in [0.1, 0.15) is 17.3 Å². The van der Waals surface area contributed by atoms with E-state index < -0.39 is 5.97 Å². The van der Waals surface area contributed by atoms with Gasteiger partial charge in [-0.3, -0.25) is 4.79 Å². The Kier molecular flexibility index (Phi) is 7.59. The second kappa shape index (κ2) is 11.2. The van der Waals surface area contributed by atoms with Gasteiger partial charge in [-0.2, -0.15) is 0 Å². The number of halogens is 1. The molecule has 0 saturated heterocycles. The van der Waals surface area contributed by atoms with E-state index in [-0.39, 0.29) is 24.1 Å². The van der Waals surface area contributed by atoms with E-state index in [4.69, 9.17) is 4.74 Å². The van der Waals surface area contributed by atoms with Crippen LogP contribution >= 0.6 is 34.4 Å². The van der Waals surface area contributed by atoms with Crippen molar-refractivity contribution < 1.29 is 18.7 Å². The fraction of sp³-hybridized carbons (Fsp3) is 0.111. The number of fused-ring (bicyclic) bond motifs is 1. The van der Waals surface area contributed by atoms with E-state index in [1.807, 2.05) is 41.1 Å². The van der Waals surface area contributed by atoms with Crippen molar-refractivity contribution in [3.8, 4) is 22.3 Å². The number of benzene rings is 2. The Morgan fingerprint density at radius 2 is 1.70 bits per heavy atom. The summed E-state index contributed by atoms with van der Waals surface area (Å²) in [5, 5.41) is 8.61. The summed E-state index contributed by atoms with van der Waals surface area (Å²) in [5.74, 6) is -0.990. The standard InChI is InChI=1S/C27H20FN3O3S3/c1-2-34-27(33)23-20(16-6-4-3-5-7-16)13-36-26(23)31-21(32)14-37-25-22-19(12-35-24(22)29-15-30-25)17-8-10-18(28)11-9-17/h3-13,15H,2,14H2,1H3,(H,31,32). The zero-order valence-electron chi connectivity index (χ0n) is 19.6. The van der Waals surface area contributed by atoms with Crippen LogP contribution in [-0.2, 0) is 9.53 Å². The van der Waals surface area contributed by atoms with E-state index in [2.05, 4.69) is 15.3 Å². The summed E-state index contributed by atoms with van der Waals surface area (Å²) in [5.41, 5.74) is 3.66. The summed E-state index contributed by atoms with van der Waals surface area (Å²) in [7, 11) is 0. The van der Waals surface area contributed by atoms with E-state index in [1.54, 1.807) is 19.1 Å². The molecule has 0 fully saturated rings. The number of thiophene rings is 2. The highest BCUT2D eigenvalue weighted by molar-refractivity contribution is 8.00. The van der Waals surface area contributed by atoms with E-state index in [9.17, 15) is 14.0 Å². The van der Waals surface area contributed by atoms with E-state index in [0.717, 1.165) is 26.9 Å². The molecule has 10 heteroatoms. The van der Waals surface area contributed by atoms with Crippen LogP contribution in [-0.4, -0.2) is 34.2 Å². The first-order chi connectivity index (χ1) is 18.0. The van der Waals surface area contributed by atoms with Crippen molar-refractivity contribution in [1.29, 1.82) is 0 Å². The molecule has 0 unspecified atom stereocenters. The summed E-state index contributed by atoms with van der Waals surface area (Å²) in [6.45, 7) is 1.97. The van der Waals surface area contributed by atoms with Gasteiger partial charge in [0.2, 0.25) is 5.91 Å². The van der Waals surface area contributed by atoms with Crippen molar-refractivity contribution in [2.45, 2.75) is 11.9 Å². The van der Waals surface area contributed by atoms with Crippen molar-refractivity contribution in [3.63, 3.8) is 0 Å². The van der Waals surface area contributed by atoms with Gasteiger partial charge in [0.15, 0.2) is 0 Å². The Labute approximate surface area is 224 Å². The van der Waals surface area contributed by atoms with Gasteiger partial charge in [-0.15, -0.1) is 22.7 Å². The third-order valence-corrected chi connectivity index (χ3v) is 8.21. The predicted molar refractivity (Wildman–Crippen MR) is 148 cm³/mol. The lowest BCUT2D eigenvalue weighted by atomic mass is 10.0. The van der Waals surface area contributed by atoms with Gasteiger partial charge in [-0.25, -0.2) is 19.2 Å². The normalized spacial score (nSPS) is 11.0. The molecule has 1 N–H and O–H groups in total. The molecular weight excluding hydrogens is 530 g/mol. The van der Waals surface area contributed by atoms with Gasteiger partial charge >= 0.3 is 5.97 Å².